The molecule has 1 aromatic heterocycles. The van der Waals surface area contributed by atoms with Crippen molar-refractivity contribution in [2.24, 2.45) is 5.73 Å². The number of halogens is 1. The average Bonchev–Trinajstić information content (AvgIpc) is 3.08. The fourth-order valence-electron chi connectivity index (χ4n) is 2.95. The van der Waals surface area contributed by atoms with Gasteiger partial charge < -0.3 is 19.6 Å². The fourth-order valence-corrected chi connectivity index (χ4v) is 3.45. The van der Waals surface area contributed by atoms with Gasteiger partial charge in [0.2, 0.25) is 10.0 Å². The molecule has 1 heterocycles. The second kappa shape index (κ2) is 8.71. The van der Waals surface area contributed by atoms with Crippen LogP contribution in [-0.2, 0) is 14.8 Å². The first-order chi connectivity index (χ1) is 15.0. The van der Waals surface area contributed by atoms with Crippen LogP contribution in [0.3, 0.4) is 0 Å². The maximum Gasteiger partial charge on any atom is 0.412 e. The van der Waals surface area contributed by atoms with Crippen LogP contribution in [0, 0.1) is 5.82 Å². The Morgan fingerprint density at radius 3 is 2.47 bits per heavy atom. The van der Waals surface area contributed by atoms with Gasteiger partial charge in [-0.25, -0.2) is 22.4 Å². The molecular formula is C21H19FN2O7S. The van der Waals surface area contributed by atoms with Gasteiger partial charge >= 0.3 is 12.1 Å². The maximum absolute atomic E-state index is 13.4. The van der Waals surface area contributed by atoms with Gasteiger partial charge in [-0.1, -0.05) is 12.7 Å². The predicted molar refractivity (Wildman–Crippen MR) is 116 cm³/mol. The number of amides is 1. The number of rotatable bonds is 7. The van der Waals surface area contributed by atoms with E-state index in [1.807, 2.05) is 0 Å². The average molecular weight is 462 g/mol. The molecule has 0 aliphatic carbocycles. The van der Waals surface area contributed by atoms with E-state index in [0.717, 1.165) is 22.7 Å². The first-order valence-corrected chi connectivity index (χ1v) is 10.9. The van der Waals surface area contributed by atoms with E-state index in [-0.39, 0.29) is 40.3 Å². The van der Waals surface area contributed by atoms with Crippen LogP contribution in [0.2, 0.25) is 0 Å². The number of ether oxygens (including phenoxy) is 2. The Morgan fingerprint density at radius 1 is 1.25 bits per heavy atom. The van der Waals surface area contributed by atoms with Gasteiger partial charge in [0.15, 0.2) is 0 Å². The number of anilines is 1. The highest BCUT2D eigenvalue weighted by atomic mass is 32.2. The van der Waals surface area contributed by atoms with Crippen molar-refractivity contribution in [1.29, 1.82) is 0 Å². The van der Waals surface area contributed by atoms with Crippen molar-refractivity contribution in [2.45, 2.75) is 0 Å². The van der Waals surface area contributed by atoms with Crippen LogP contribution >= 0.6 is 0 Å². The summed E-state index contributed by atoms with van der Waals surface area (Å²) in [5, 5.41) is 0.167. The summed E-state index contributed by atoms with van der Waals surface area (Å²) >= 11 is 0. The molecule has 0 fully saturated rings. The van der Waals surface area contributed by atoms with E-state index in [1.165, 1.54) is 37.4 Å². The molecule has 3 rings (SSSR count). The van der Waals surface area contributed by atoms with Crippen LogP contribution in [-0.4, -0.2) is 40.4 Å². The lowest BCUT2D eigenvalue weighted by molar-refractivity contribution is 0.0640. The number of sulfonamides is 1. The Labute approximate surface area is 182 Å². The third-order valence-corrected chi connectivity index (χ3v) is 5.66. The molecule has 0 aliphatic heterocycles. The molecule has 2 N–H and O–H groups in total. The maximum atomic E-state index is 13.4. The molecule has 32 heavy (non-hydrogen) atoms. The molecule has 3 aromatic rings. The zero-order valence-corrected chi connectivity index (χ0v) is 17.9. The quantitative estimate of drug-likeness (QED) is 0.323. The molecule has 0 radical (unpaired) electrons. The molecule has 0 aliphatic rings. The highest BCUT2D eigenvalue weighted by Gasteiger charge is 2.28. The van der Waals surface area contributed by atoms with E-state index in [1.54, 1.807) is 0 Å². The number of esters is 1. The van der Waals surface area contributed by atoms with Gasteiger partial charge in [-0.15, -0.1) is 0 Å². The highest BCUT2D eigenvalue weighted by Crippen LogP contribution is 2.41. The normalized spacial score (nSPS) is 11.2. The molecule has 2 aromatic carbocycles. The lowest BCUT2D eigenvalue weighted by Gasteiger charge is -2.20. The summed E-state index contributed by atoms with van der Waals surface area (Å²) < 4.78 is 54.5. The monoisotopic (exact) mass is 462 g/mol. The lowest BCUT2D eigenvalue weighted by Crippen LogP contribution is -2.25. The molecule has 11 heteroatoms. The van der Waals surface area contributed by atoms with Gasteiger partial charge in [0.05, 0.1) is 11.9 Å². The topological polar surface area (TPSA) is 129 Å². The van der Waals surface area contributed by atoms with Crippen molar-refractivity contribution in [3.8, 4) is 17.1 Å². The van der Waals surface area contributed by atoms with Gasteiger partial charge in [-0.2, -0.15) is 0 Å². The van der Waals surface area contributed by atoms with Gasteiger partial charge in [0.25, 0.3) is 0 Å². The van der Waals surface area contributed by atoms with Crippen LogP contribution in [0.15, 0.2) is 53.5 Å². The second-order valence-corrected chi connectivity index (χ2v) is 8.68. The van der Waals surface area contributed by atoms with Gasteiger partial charge in [0, 0.05) is 24.1 Å². The van der Waals surface area contributed by atoms with Crippen molar-refractivity contribution in [1.82, 2.24) is 0 Å². The Morgan fingerprint density at radius 2 is 1.91 bits per heavy atom. The minimum Gasteiger partial charge on any atom is -0.487 e. The number of carbonyl (C=O) groups is 2. The van der Waals surface area contributed by atoms with Gasteiger partial charge in [0.1, 0.15) is 35.1 Å². The largest absolute Gasteiger partial charge is 0.487 e. The van der Waals surface area contributed by atoms with Crippen molar-refractivity contribution >= 4 is 38.7 Å². The molecule has 1 amide bonds. The molecule has 0 unspecified atom stereocenters. The molecule has 0 saturated carbocycles. The Balaban J connectivity index is 2.33. The first-order valence-electron chi connectivity index (χ1n) is 9.08. The van der Waals surface area contributed by atoms with E-state index >= 15 is 0 Å². The van der Waals surface area contributed by atoms with E-state index < -0.39 is 27.9 Å². The highest BCUT2D eigenvalue weighted by molar-refractivity contribution is 7.92. The standard InChI is InChI=1S/C21H19FN2O7S/c1-4-9-29-17-10-14-16(11-15(17)24(2)32(3,27)28)30-19(12-5-7-13(22)8-6-12)18(14)20(25)31-21(23)26/h4-8,10-11H,1,9H2,2-3H3,(H2,23,26). The summed E-state index contributed by atoms with van der Waals surface area (Å²) in [7, 11) is -2.35. The number of furan rings is 1. The zero-order valence-electron chi connectivity index (χ0n) is 17.1. The SMILES string of the molecule is C=CCOc1cc2c(C(=O)OC(N)=O)c(-c3ccc(F)cc3)oc2cc1N(C)S(C)(=O)=O. The van der Waals surface area contributed by atoms with Crippen molar-refractivity contribution in [2.75, 3.05) is 24.2 Å². The summed E-state index contributed by atoms with van der Waals surface area (Å²) in [6.07, 6.45) is 1.14. The molecule has 9 nitrogen and oxygen atoms in total. The van der Waals surface area contributed by atoms with E-state index in [2.05, 4.69) is 11.3 Å². The third kappa shape index (κ3) is 4.57. The van der Waals surface area contributed by atoms with Crippen LogP contribution in [0.5, 0.6) is 5.75 Å². The van der Waals surface area contributed by atoms with Crippen LogP contribution in [0.25, 0.3) is 22.3 Å². The molecule has 0 bridgehead atoms. The van der Waals surface area contributed by atoms with Crippen molar-refractivity contribution in [3.63, 3.8) is 0 Å². The molecule has 0 spiro atoms. The Bertz CT molecular complexity index is 1310. The zero-order chi connectivity index (χ0) is 23.6. The molecule has 0 saturated heterocycles. The number of primary amides is 1. The van der Waals surface area contributed by atoms with E-state index in [9.17, 15) is 22.4 Å². The van der Waals surface area contributed by atoms with Crippen molar-refractivity contribution in [3.05, 3.63) is 60.4 Å². The summed E-state index contributed by atoms with van der Waals surface area (Å²) in [5.74, 6) is -1.54. The minimum absolute atomic E-state index is 0.0277. The van der Waals surface area contributed by atoms with Crippen LogP contribution in [0.1, 0.15) is 10.4 Å². The number of nitrogens with two attached hydrogens (primary N) is 1. The van der Waals surface area contributed by atoms with Gasteiger partial charge in [-0.3, -0.25) is 4.31 Å². The molecular weight excluding hydrogens is 443 g/mol. The van der Waals surface area contributed by atoms with Crippen molar-refractivity contribution < 1.29 is 36.3 Å². The van der Waals surface area contributed by atoms with E-state index in [0.29, 0.717) is 5.56 Å². The lowest BCUT2D eigenvalue weighted by atomic mass is 10.0. The Kier molecular flexibility index (Phi) is 6.21. The van der Waals surface area contributed by atoms with Gasteiger partial charge in [-0.05, 0) is 30.3 Å². The number of benzene rings is 2. The number of hydrogen-bond acceptors (Lipinski definition) is 7. The Hall–Kier alpha value is -3.86. The summed E-state index contributed by atoms with van der Waals surface area (Å²) in [6, 6.07) is 7.80. The minimum atomic E-state index is -3.67. The first kappa shape index (κ1) is 22.8. The number of hydrogen-bond donors (Lipinski definition) is 1. The predicted octanol–water partition coefficient (Wildman–Crippen LogP) is 3.44. The fraction of sp³-hybridized carbons (Fsp3) is 0.143. The second-order valence-electron chi connectivity index (χ2n) is 6.67. The number of carbonyl (C=O) groups excluding carboxylic acids is 2. The number of fused-ring (bicyclic) bond motifs is 1. The summed E-state index contributed by atoms with van der Waals surface area (Å²) in [4.78, 5) is 23.9. The molecule has 168 valence electrons. The van der Waals surface area contributed by atoms with Crippen LogP contribution in [0.4, 0.5) is 14.9 Å². The third-order valence-electron chi connectivity index (χ3n) is 4.47. The summed E-state index contributed by atoms with van der Waals surface area (Å²) in [6.45, 7) is 3.60. The smallest absolute Gasteiger partial charge is 0.412 e. The number of nitrogens with zero attached hydrogens (tertiary/aromatic N) is 1. The summed E-state index contributed by atoms with van der Waals surface area (Å²) in [5.41, 5.74) is 5.36. The van der Waals surface area contributed by atoms with E-state index in [4.69, 9.17) is 14.9 Å². The van der Waals surface area contributed by atoms with Crippen LogP contribution < -0.4 is 14.8 Å². The molecule has 0 atom stereocenters.